The normalized spacial score (nSPS) is 12.0. The first-order valence-electron chi connectivity index (χ1n) is 3.59. The van der Waals surface area contributed by atoms with Gasteiger partial charge in [0.05, 0.1) is 13.2 Å². The molecule has 2 nitrogen and oxygen atoms in total. The number of aliphatic hydroxyl groups excluding tert-OH is 2. The molecule has 0 bridgehead atoms. The summed E-state index contributed by atoms with van der Waals surface area (Å²) in [6, 6.07) is 0. The summed E-state index contributed by atoms with van der Waals surface area (Å²) in [5.41, 5.74) is -1.75. The average molecular weight is 150 g/mol. The Labute approximate surface area is 60.7 Å². The van der Waals surface area contributed by atoms with Gasteiger partial charge in [-0.3, -0.25) is 0 Å². The van der Waals surface area contributed by atoms with Gasteiger partial charge in [0.25, 0.3) is 0 Å². The molecule has 0 aliphatic heterocycles. The van der Waals surface area contributed by atoms with Crippen LogP contribution < -0.4 is 0 Å². The molecule has 0 fully saturated rings. The van der Waals surface area contributed by atoms with Crippen LogP contribution in [0, 0.1) is 0 Å². The third kappa shape index (κ3) is 3.13. The standard InChI is InChI=1S/C7H15FO2/c1-2-3-4-7(8,5-9)6-10/h9-10H,2-6H2,1H3. The molecule has 0 unspecified atom stereocenters. The second-order valence-electron chi connectivity index (χ2n) is 2.57. The van der Waals surface area contributed by atoms with Crippen LogP contribution in [0.2, 0.25) is 0 Å². The molecule has 0 spiro atoms. The van der Waals surface area contributed by atoms with Crippen LogP contribution in [-0.2, 0) is 0 Å². The molecule has 10 heavy (non-hydrogen) atoms. The van der Waals surface area contributed by atoms with Crippen LogP contribution in [0.5, 0.6) is 0 Å². The Hall–Kier alpha value is -0.150. The van der Waals surface area contributed by atoms with Gasteiger partial charge in [0.1, 0.15) is 0 Å². The third-order valence-electron chi connectivity index (χ3n) is 1.55. The number of rotatable bonds is 5. The molecule has 0 aromatic rings. The van der Waals surface area contributed by atoms with Gasteiger partial charge >= 0.3 is 0 Å². The lowest BCUT2D eigenvalue weighted by atomic mass is 10.0. The molecule has 62 valence electrons. The zero-order chi connectivity index (χ0) is 8.04. The summed E-state index contributed by atoms with van der Waals surface area (Å²) < 4.78 is 12.9. The molecular formula is C7H15FO2. The summed E-state index contributed by atoms with van der Waals surface area (Å²) in [5.74, 6) is 0. The number of aliphatic hydroxyl groups is 2. The number of halogens is 1. The van der Waals surface area contributed by atoms with Gasteiger partial charge < -0.3 is 10.2 Å². The van der Waals surface area contributed by atoms with Crippen LogP contribution in [0.3, 0.4) is 0 Å². The van der Waals surface area contributed by atoms with E-state index in [4.69, 9.17) is 10.2 Å². The molecule has 0 aliphatic rings. The Balaban J connectivity index is 3.58. The first kappa shape index (κ1) is 9.85. The van der Waals surface area contributed by atoms with Gasteiger partial charge in [0.2, 0.25) is 0 Å². The Morgan fingerprint density at radius 3 is 2.10 bits per heavy atom. The van der Waals surface area contributed by atoms with Gasteiger partial charge in [-0.1, -0.05) is 19.8 Å². The second-order valence-corrected chi connectivity index (χ2v) is 2.57. The van der Waals surface area contributed by atoms with E-state index in [0.717, 1.165) is 6.42 Å². The van der Waals surface area contributed by atoms with Crippen molar-refractivity contribution < 1.29 is 14.6 Å². The SMILES string of the molecule is CCCCC(F)(CO)CO. The van der Waals surface area contributed by atoms with Crippen molar-refractivity contribution in [3.05, 3.63) is 0 Å². The minimum Gasteiger partial charge on any atom is -0.393 e. The third-order valence-corrected chi connectivity index (χ3v) is 1.55. The smallest absolute Gasteiger partial charge is 0.156 e. The Bertz CT molecular complexity index is 81.7. The van der Waals surface area contributed by atoms with Crippen LogP contribution in [0.15, 0.2) is 0 Å². The highest BCUT2D eigenvalue weighted by atomic mass is 19.1. The van der Waals surface area contributed by atoms with E-state index < -0.39 is 18.9 Å². The quantitative estimate of drug-likeness (QED) is 0.610. The van der Waals surface area contributed by atoms with E-state index in [1.807, 2.05) is 6.92 Å². The Kier molecular flexibility index (Phi) is 4.56. The number of hydrogen-bond donors (Lipinski definition) is 2. The Morgan fingerprint density at radius 1 is 1.30 bits per heavy atom. The first-order valence-corrected chi connectivity index (χ1v) is 3.59. The van der Waals surface area contributed by atoms with E-state index in [0.29, 0.717) is 6.42 Å². The van der Waals surface area contributed by atoms with Crippen LogP contribution >= 0.6 is 0 Å². The molecule has 2 N–H and O–H groups in total. The highest BCUT2D eigenvalue weighted by Gasteiger charge is 2.26. The maximum Gasteiger partial charge on any atom is 0.156 e. The van der Waals surface area contributed by atoms with Crippen molar-refractivity contribution >= 4 is 0 Å². The van der Waals surface area contributed by atoms with Crippen molar-refractivity contribution in [2.75, 3.05) is 13.2 Å². The number of unbranched alkanes of at least 4 members (excludes halogenated alkanes) is 1. The molecule has 0 radical (unpaired) electrons. The van der Waals surface area contributed by atoms with Crippen LogP contribution in [0.25, 0.3) is 0 Å². The van der Waals surface area contributed by atoms with Crippen LogP contribution in [0.4, 0.5) is 4.39 Å². The molecule has 0 aliphatic carbocycles. The zero-order valence-corrected chi connectivity index (χ0v) is 6.31. The van der Waals surface area contributed by atoms with Crippen molar-refractivity contribution in [1.29, 1.82) is 0 Å². The van der Waals surface area contributed by atoms with Gasteiger partial charge in [-0.2, -0.15) is 0 Å². The fourth-order valence-corrected chi connectivity index (χ4v) is 0.702. The summed E-state index contributed by atoms with van der Waals surface area (Å²) in [7, 11) is 0. The Morgan fingerprint density at radius 2 is 1.80 bits per heavy atom. The van der Waals surface area contributed by atoms with Crippen molar-refractivity contribution in [2.45, 2.75) is 31.9 Å². The minimum absolute atomic E-state index is 0.247. The molecule has 3 heteroatoms. The predicted molar refractivity (Wildman–Crippen MR) is 37.5 cm³/mol. The highest BCUT2D eigenvalue weighted by Crippen LogP contribution is 2.17. The summed E-state index contributed by atoms with van der Waals surface area (Å²) in [6.45, 7) is 0.780. The molecule has 0 heterocycles. The lowest BCUT2D eigenvalue weighted by molar-refractivity contribution is 0.00819. The lowest BCUT2D eigenvalue weighted by Crippen LogP contribution is -2.32. The molecule has 0 atom stereocenters. The van der Waals surface area contributed by atoms with Crippen LogP contribution in [0.1, 0.15) is 26.2 Å². The van der Waals surface area contributed by atoms with Gasteiger partial charge in [0.15, 0.2) is 5.67 Å². The second kappa shape index (κ2) is 4.63. The molecule has 0 amide bonds. The summed E-state index contributed by atoms with van der Waals surface area (Å²) in [4.78, 5) is 0. The fraction of sp³-hybridized carbons (Fsp3) is 1.00. The monoisotopic (exact) mass is 150 g/mol. The van der Waals surface area contributed by atoms with E-state index in [9.17, 15) is 4.39 Å². The zero-order valence-electron chi connectivity index (χ0n) is 6.31. The molecule has 0 saturated heterocycles. The summed E-state index contributed by atoms with van der Waals surface area (Å²) >= 11 is 0. The molecule has 0 aromatic heterocycles. The first-order chi connectivity index (χ1) is 4.68. The largest absolute Gasteiger partial charge is 0.393 e. The van der Waals surface area contributed by atoms with E-state index in [1.165, 1.54) is 0 Å². The highest BCUT2D eigenvalue weighted by molar-refractivity contribution is 4.76. The molecule has 0 aromatic carbocycles. The number of alkyl halides is 1. The summed E-state index contributed by atoms with van der Waals surface area (Å²) in [5, 5.41) is 17.0. The predicted octanol–water partition coefficient (Wildman–Crippen LogP) is 0.869. The molecule has 0 saturated carbocycles. The van der Waals surface area contributed by atoms with Gasteiger partial charge in [-0.05, 0) is 6.42 Å². The van der Waals surface area contributed by atoms with Gasteiger partial charge in [-0.15, -0.1) is 0 Å². The molecular weight excluding hydrogens is 135 g/mol. The van der Waals surface area contributed by atoms with Crippen molar-refractivity contribution in [3.8, 4) is 0 Å². The fourth-order valence-electron chi connectivity index (χ4n) is 0.702. The summed E-state index contributed by atoms with van der Waals surface area (Å²) in [6.07, 6.45) is 1.83. The molecule has 0 rings (SSSR count). The van der Waals surface area contributed by atoms with Crippen LogP contribution in [-0.4, -0.2) is 29.1 Å². The van der Waals surface area contributed by atoms with Crippen molar-refractivity contribution in [2.24, 2.45) is 0 Å². The minimum atomic E-state index is -1.75. The van der Waals surface area contributed by atoms with Crippen molar-refractivity contribution in [3.63, 3.8) is 0 Å². The lowest BCUT2D eigenvalue weighted by Gasteiger charge is -2.18. The van der Waals surface area contributed by atoms with Gasteiger partial charge in [0, 0.05) is 0 Å². The average Bonchev–Trinajstić information content (AvgIpc) is 2.00. The topological polar surface area (TPSA) is 40.5 Å². The number of hydrogen-bond acceptors (Lipinski definition) is 2. The van der Waals surface area contributed by atoms with E-state index >= 15 is 0 Å². The van der Waals surface area contributed by atoms with E-state index in [1.54, 1.807) is 0 Å². The van der Waals surface area contributed by atoms with Crippen molar-refractivity contribution in [1.82, 2.24) is 0 Å². The maximum atomic E-state index is 12.9. The van der Waals surface area contributed by atoms with E-state index in [-0.39, 0.29) is 6.42 Å². The maximum absolute atomic E-state index is 12.9. The van der Waals surface area contributed by atoms with E-state index in [2.05, 4.69) is 0 Å². The van der Waals surface area contributed by atoms with Gasteiger partial charge in [-0.25, -0.2) is 4.39 Å².